The van der Waals surface area contributed by atoms with Gasteiger partial charge in [-0.05, 0) is 92.3 Å². The van der Waals surface area contributed by atoms with Crippen LogP contribution in [0.25, 0.3) is 0 Å². The third-order valence-corrected chi connectivity index (χ3v) is 10.4. The fourth-order valence-electron chi connectivity index (χ4n) is 8.93. The minimum atomic E-state index is -0.154. The minimum absolute atomic E-state index is 0.00656. The average Bonchev–Trinajstić information content (AvgIpc) is 3.06. The normalized spacial score (nSPS) is 47.3. The topological polar surface area (TPSA) is 52.6 Å². The van der Waals surface area contributed by atoms with Gasteiger partial charge in [-0.3, -0.25) is 9.59 Å². The summed E-state index contributed by atoms with van der Waals surface area (Å²) in [5, 5.41) is 0. The molecule has 4 aliphatic carbocycles. The number of rotatable bonds is 4. The van der Waals surface area contributed by atoms with Gasteiger partial charge in [0.15, 0.2) is 0 Å². The van der Waals surface area contributed by atoms with Crippen molar-refractivity contribution in [1.29, 1.82) is 0 Å². The quantitative estimate of drug-likeness (QED) is 0.409. The number of carbonyl (C=O) groups excluding carboxylic acids is 2. The van der Waals surface area contributed by atoms with Crippen molar-refractivity contribution in [3.05, 3.63) is 12.7 Å². The van der Waals surface area contributed by atoms with Crippen molar-refractivity contribution in [1.82, 2.24) is 0 Å². The Labute approximate surface area is 188 Å². The largest absolute Gasteiger partial charge is 0.463 e. The van der Waals surface area contributed by atoms with E-state index in [4.69, 9.17) is 9.47 Å². The lowest BCUT2D eigenvalue weighted by Crippen LogP contribution is -2.59. The van der Waals surface area contributed by atoms with E-state index in [0.29, 0.717) is 35.5 Å². The van der Waals surface area contributed by atoms with Gasteiger partial charge in [0.1, 0.15) is 12.2 Å². The maximum atomic E-state index is 12.2. The highest BCUT2D eigenvalue weighted by Crippen LogP contribution is 2.68. The number of hydrogen-bond donors (Lipinski definition) is 0. The first-order valence-corrected chi connectivity index (χ1v) is 12.6. The lowest BCUT2D eigenvalue weighted by Gasteiger charge is -2.62. The summed E-state index contributed by atoms with van der Waals surface area (Å²) in [5.74, 6) is 3.19. The van der Waals surface area contributed by atoms with Crippen LogP contribution < -0.4 is 0 Å². The molecule has 0 aromatic carbocycles. The standard InChI is InChI=1S/C27H42O4/c1-7-16(2)22-10-11-23-21-9-8-19-14-20(30-17(3)28)12-13-26(19,5)24(21)15-25(27(22,23)6)31-18(4)29/h7,16,19-25H,1,8-15H2,2-6H3/t16-,19+,20+,21-,22+,23-,24-,25-,26-,27+/m0/s1. The van der Waals surface area contributed by atoms with E-state index < -0.39 is 0 Å². The van der Waals surface area contributed by atoms with Gasteiger partial charge in [0.2, 0.25) is 0 Å². The summed E-state index contributed by atoms with van der Waals surface area (Å²) in [5.41, 5.74) is 0.292. The highest BCUT2D eigenvalue weighted by Gasteiger charge is 2.64. The fourth-order valence-corrected chi connectivity index (χ4v) is 8.93. The molecule has 4 saturated carbocycles. The van der Waals surface area contributed by atoms with Crippen LogP contribution in [0.1, 0.15) is 86.0 Å². The Bertz CT molecular complexity index is 731. The molecule has 31 heavy (non-hydrogen) atoms. The smallest absolute Gasteiger partial charge is 0.302 e. The predicted octanol–water partition coefficient (Wildman–Crippen LogP) is 5.94. The van der Waals surface area contributed by atoms with E-state index in [9.17, 15) is 9.59 Å². The predicted molar refractivity (Wildman–Crippen MR) is 121 cm³/mol. The van der Waals surface area contributed by atoms with Crippen molar-refractivity contribution in [2.75, 3.05) is 0 Å². The van der Waals surface area contributed by atoms with E-state index in [-0.39, 0.29) is 35.0 Å². The Morgan fingerprint density at radius 2 is 1.68 bits per heavy atom. The van der Waals surface area contributed by atoms with Crippen molar-refractivity contribution >= 4 is 11.9 Å². The molecule has 174 valence electrons. The van der Waals surface area contributed by atoms with Gasteiger partial charge in [0, 0.05) is 19.3 Å². The van der Waals surface area contributed by atoms with Crippen LogP contribution in [0, 0.1) is 46.3 Å². The second-order valence-corrected chi connectivity index (χ2v) is 11.6. The number of hydrogen-bond acceptors (Lipinski definition) is 4. The van der Waals surface area contributed by atoms with Gasteiger partial charge >= 0.3 is 11.9 Å². The first-order chi connectivity index (χ1) is 14.6. The molecule has 0 N–H and O–H groups in total. The molecule has 0 aromatic heterocycles. The third kappa shape index (κ3) is 3.66. The van der Waals surface area contributed by atoms with Crippen LogP contribution >= 0.6 is 0 Å². The lowest BCUT2D eigenvalue weighted by molar-refractivity contribution is -0.196. The van der Waals surface area contributed by atoms with Crippen LogP contribution in [-0.4, -0.2) is 24.1 Å². The molecular weight excluding hydrogens is 388 g/mol. The number of ether oxygens (including phenoxy) is 2. The van der Waals surface area contributed by atoms with Crippen LogP contribution in [0.4, 0.5) is 0 Å². The molecule has 4 nitrogen and oxygen atoms in total. The molecule has 0 unspecified atom stereocenters. The summed E-state index contributed by atoms with van der Waals surface area (Å²) in [6.07, 6.45) is 11.2. The highest BCUT2D eigenvalue weighted by atomic mass is 16.5. The molecule has 0 aliphatic heterocycles. The zero-order valence-corrected chi connectivity index (χ0v) is 20.2. The average molecular weight is 431 g/mol. The van der Waals surface area contributed by atoms with Crippen LogP contribution in [-0.2, 0) is 19.1 Å². The molecule has 4 fully saturated rings. The zero-order valence-electron chi connectivity index (χ0n) is 20.2. The maximum Gasteiger partial charge on any atom is 0.302 e. The Morgan fingerprint density at radius 1 is 0.968 bits per heavy atom. The number of fused-ring (bicyclic) bond motifs is 5. The second-order valence-electron chi connectivity index (χ2n) is 11.6. The number of carbonyl (C=O) groups is 2. The van der Waals surface area contributed by atoms with E-state index in [1.165, 1.54) is 32.6 Å². The van der Waals surface area contributed by atoms with Crippen molar-refractivity contribution in [3.8, 4) is 0 Å². The summed E-state index contributed by atoms with van der Waals surface area (Å²) in [7, 11) is 0. The molecule has 0 heterocycles. The summed E-state index contributed by atoms with van der Waals surface area (Å²) < 4.78 is 11.8. The van der Waals surface area contributed by atoms with Crippen LogP contribution in [0.3, 0.4) is 0 Å². The summed E-state index contributed by atoms with van der Waals surface area (Å²) in [6.45, 7) is 14.4. The molecule has 0 bridgehead atoms. The molecule has 4 aliphatic rings. The van der Waals surface area contributed by atoms with Gasteiger partial charge in [0.05, 0.1) is 0 Å². The Kier molecular flexibility index (Phi) is 6.07. The number of allylic oxidation sites excluding steroid dienone is 1. The van der Waals surface area contributed by atoms with Crippen molar-refractivity contribution in [3.63, 3.8) is 0 Å². The monoisotopic (exact) mass is 430 g/mol. The molecule has 4 heteroatoms. The van der Waals surface area contributed by atoms with Gasteiger partial charge in [-0.2, -0.15) is 0 Å². The van der Waals surface area contributed by atoms with E-state index in [0.717, 1.165) is 25.7 Å². The lowest BCUT2D eigenvalue weighted by atomic mass is 9.43. The Morgan fingerprint density at radius 3 is 2.32 bits per heavy atom. The van der Waals surface area contributed by atoms with E-state index in [2.05, 4.69) is 33.4 Å². The maximum absolute atomic E-state index is 12.2. The molecule has 0 spiro atoms. The summed E-state index contributed by atoms with van der Waals surface area (Å²) in [6, 6.07) is 0. The van der Waals surface area contributed by atoms with Gasteiger partial charge in [-0.15, -0.1) is 6.58 Å². The van der Waals surface area contributed by atoms with E-state index in [1.807, 2.05) is 0 Å². The van der Waals surface area contributed by atoms with Gasteiger partial charge in [-0.25, -0.2) is 0 Å². The molecule has 0 radical (unpaired) electrons. The van der Waals surface area contributed by atoms with Crippen LogP contribution in [0.15, 0.2) is 12.7 Å². The van der Waals surface area contributed by atoms with Gasteiger partial charge in [-0.1, -0.05) is 26.8 Å². The van der Waals surface area contributed by atoms with Crippen LogP contribution in [0.5, 0.6) is 0 Å². The molecule has 10 atom stereocenters. The van der Waals surface area contributed by atoms with Crippen molar-refractivity contribution in [2.24, 2.45) is 46.3 Å². The van der Waals surface area contributed by atoms with Gasteiger partial charge in [0.25, 0.3) is 0 Å². The molecule has 0 amide bonds. The first-order valence-electron chi connectivity index (χ1n) is 12.6. The Hall–Kier alpha value is -1.32. The highest BCUT2D eigenvalue weighted by molar-refractivity contribution is 5.66. The molecule has 0 aromatic rings. The van der Waals surface area contributed by atoms with E-state index in [1.54, 1.807) is 6.92 Å². The molecule has 0 saturated heterocycles. The summed E-state index contributed by atoms with van der Waals surface area (Å²) >= 11 is 0. The number of esters is 2. The third-order valence-electron chi connectivity index (χ3n) is 10.4. The zero-order chi connectivity index (χ0) is 22.6. The second kappa shape index (κ2) is 8.23. The SMILES string of the molecule is C=C[C@H](C)[C@H]1CC[C@H]2[C@@H]3CC[C@@H]4C[C@H](OC(C)=O)CC[C@]4(C)[C@H]3C[C@H](OC(C)=O)[C@]12C. The van der Waals surface area contributed by atoms with Crippen molar-refractivity contribution < 1.29 is 19.1 Å². The molecule has 4 rings (SSSR count). The molecular formula is C27H42O4. The Balaban J connectivity index is 1.64. The van der Waals surface area contributed by atoms with Gasteiger partial charge < -0.3 is 9.47 Å². The van der Waals surface area contributed by atoms with E-state index >= 15 is 0 Å². The van der Waals surface area contributed by atoms with Crippen molar-refractivity contribution in [2.45, 2.75) is 98.2 Å². The fraction of sp³-hybridized carbons (Fsp3) is 0.852. The summed E-state index contributed by atoms with van der Waals surface area (Å²) in [4.78, 5) is 23.7. The minimum Gasteiger partial charge on any atom is -0.463 e. The first kappa shape index (κ1) is 22.9. The van der Waals surface area contributed by atoms with Crippen LogP contribution in [0.2, 0.25) is 0 Å².